The van der Waals surface area contributed by atoms with Crippen molar-refractivity contribution in [2.45, 2.75) is 12.2 Å². The normalized spacial score (nSPS) is 12.6. The fourth-order valence-electron chi connectivity index (χ4n) is 3.34. The number of hydrogen-bond donors (Lipinski definition) is 0. The molecule has 2 unspecified atom stereocenters. The van der Waals surface area contributed by atoms with E-state index in [0.717, 1.165) is 22.6 Å². The lowest BCUT2D eigenvalue weighted by molar-refractivity contribution is 0.00679. The minimum atomic E-state index is -0.211. The van der Waals surface area contributed by atoms with Gasteiger partial charge in [0.05, 0.1) is 13.2 Å². The quantitative estimate of drug-likeness (QED) is 0.293. The molecule has 4 rings (SSSR count). The molecule has 0 N–H and O–H groups in total. The van der Waals surface area contributed by atoms with Gasteiger partial charge in [0.25, 0.3) is 0 Å². The molecule has 0 spiro atoms. The highest BCUT2D eigenvalue weighted by molar-refractivity contribution is 5.26. The van der Waals surface area contributed by atoms with E-state index in [1.807, 2.05) is 97.1 Å². The lowest BCUT2D eigenvalue weighted by atomic mass is 10.1. The van der Waals surface area contributed by atoms with Crippen LogP contribution in [0.25, 0.3) is 0 Å². The molecule has 2 atom stereocenters. The highest BCUT2D eigenvalue weighted by Gasteiger charge is 2.18. The predicted molar refractivity (Wildman–Crippen MR) is 123 cm³/mol. The summed E-state index contributed by atoms with van der Waals surface area (Å²) in [6.45, 7) is 0.834. The second-order valence-corrected chi connectivity index (χ2v) is 7.20. The standard InChI is InChI=1S/C28H26O3/c1-5-13-23(14-6-1)27(30-25-17-9-3-10-18-25)21-29-22-28(24-15-7-2-8-16-24)31-26-19-11-4-12-20-26/h1-20,27-28H,21-22H2. The summed E-state index contributed by atoms with van der Waals surface area (Å²) in [6.07, 6.45) is -0.423. The van der Waals surface area contributed by atoms with Gasteiger partial charge in [-0.2, -0.15) is 0 Å². The van der Waals surface area contributed by atoms with Gasteiger partial charge in [-0.05, 0) is 35.4 Å². The Kier molecular flexibility index (Phi) is 7.35. The maximum Gasteiger partial charge on any atom is 0.147 e. The molecule has 156 valence electrons. The molecule has 31 heavy (non-hydrogen) atoms. The third-order valence-electron chi connectivity index (χ3n) is 4.92. The Bertz CT molecular complexity index is 920. The summed E-state index contributed by atoms with van der Waals surface area (Å²) >= 11 is 0. The molecule has 0 amide bonds. The van der Waals surface area contributed by atoms with Gasteiger partial charge >= 0.3 is 0 Å². The molecule has 3 nitrogen and oxygen atoms in total. The first-order chi connectivity index (χ1) is 15.4. The number of hydrogen-bond acceptors (Lipinski definition) is 3. The van der Waals surface area contributed by atoms with Gasteiger partial charge in [0.1, 0.15) is 23.7 Å². The summed E-state index contributed by atoms with van der Waals surface area (Å²) in [7, 11) is 0. The van der Waals surface area contributed by atoms with Crippen molar-refractivity contribution in [1.29, 1.82) is 0 Å². The number of rotatable bonds is 10. The fraction of sp³-hybridized carbons (Fsp3) is 0.143. The van der Waals surface area contributed by atoms with Gasteiger partial charge in [0.2, 0.25) is 0 Å². The van der Waals surface area contributed by atoms with Crippen molar-refractivity contribution in [1.82, 2.24) is 0 Å². The topological polar surface area (TPSA) is 27.7 Å². The largest absolute Gasteiger partial charge is 0.483 e. The van der Waals surface area contributed by atoms with Crippen LogP contribution in [0.15, 0.2) is 121 Å². The van der Waals surface area contributed by atoms with E-state index < -0.39 is 0 Å². The monoisotopic (exact) mass is 410 g/mol. The van der Waals surface area contributed by atoms with Crippen LogP contribution in [0.2, 0.25) is 0 Å². The van der Waals surface area contributed by atoms with Crippen LogP contribution in [0.3, 0.4) is 0 Å². The molecule has 0 saturated heterocycles. The molecule has 0 fully saturated rings. The molecule has 0 bridgehead atoms. The van der Waals surface area contributed by atoms with Crippen LogP contribution in [-0.2, 0) is 4.74 Å². The lowest BCUT2D eigenvalue weighted by Crippen LogP contribution is -2.20. The van der Waals surface area contributed by atoms with Crippen molar-refractivity contribution < 1.29 is 14.2 Å². The molecule has 0 saturated carbocycles. The highest BCUT2D eigenvalue weighted by atomic mass is 16.6. The van der Waals surface area contributed by atoms with E-state index >= 15 is 0 Å². The Hall–Kier alpha value is -3.56. The zero-order chi connectivity index (χ0) is 21.1. The Labute approximate surface area is 183 Å². The minimum absolute atomic E-state index is 0.211. The summed E-state index contributed by atoms with van der Waals surface area (Å²) in [4.78, 5) is 0. The highest BCUT2D eigenvalue weighted by Crippen LogP contribution is 2.25. The van der Waals surface area contributed by atoms with Gasteiger partial charge in [0, 0.05) is 0 Å². The molecule has 0 aliphatic heterocycles. The van der Waals surface area contributed by atoms with Gasteiger partial charge < -0.3 is 14.2 Å². The summed E-state index contributed by atoms with van der Waals surface area (Å²) in [5, 5.41) is 0. The second kappa shape index (κ2) is 11.0. The number of para-hydroxylation sites is 2. The summed E-state index contributed by atoms with van der Waals surface area (Å²) in [5.41, 5.74) is 2.15. The van der Waals surface area contributed by atoms with E-state index in [1.54, 1.807) is 0 Å². The van der Waals surface area contributed by atoms with Crippen LogP contribution in [-0.4, -0.2) is 13.2 Å². The summed E-state index contributed by atoms with van der Waals surface area (Å²) < 4.78 is 18.6. The van der Waals surface area contributed by atoms with E-state index in [0.29, 0.717) is 13.2 Å². The third-order valence-corrected chi connectivity index (χ3v) is 4.92. The van der Waals surface area contributed by atoms with E-state index in [-0.39, 0.29) is 12.2 Å². The SMILES string of the molecule is c1ccc(OC(COCC(Oc2ccccc2)c2ccccc2)c2ccccc2)cc1. The molecule has 3 heteroatoms. The average Bonchev–Trinajstić information content (AvgIpc) is 2.85. The molecule has 0 aromatic heterocycles. The molecule has 0 aliphatic carbocycles. The smallest absolute Gasteiger partial charge is 0.147 e. The molecular formula is C28H26O3. The Morgan fingerprint density at radius 2 is 0.742 bits per heavy atom. The Morgan fingerprint density at radius 1 is 0.419 bits per heavy atom. The third kappa shape index (κ3) is 6.21. The zero-order valence-corrected chi connectivity index (χ0v) is 17.3. The van der Waals surface area contributed by atoms with E-state index in [4.69, 9.17) is 14.2 Å². The van der Waals surface area contributed by atoms with Crippen molar-refractivity contribution in [3.63, 3.8) is 0 Å². The molecule has 0 heterocycles. The van der Waals surface area contributed by atoms with Gasteiger partial charge in [-0.3, -0.25) is 0 Å². The first-order valence-electron chi connectivity index (χ1n) is 10.5. The lowest BCUT2D eigenvalue weighted by Gasteiger charge is -2.23. The van der Waals surface area contributed by atoms with Gasteiger partial charge in [-0.25, -0.2) is 0 Å². The van der Waals surface area contributed by atoms with E-state index in [1.165, 1.54) is 0 Å². The fourth-order valence-corrected chi connectivity index (χ4v) is 3.34. The molecule has 0 radical (unpaired) electrons. The van der Waals surface area contributed by atoms with Crippen molar-refractivity contribution in [2.24, 2.45) is 0 Å². The van der Waals surface area contributed by atoms with E-state index in [9.17, 15) is 0 Å². The molecular weight excluding hydrogens is 384 g/mol. The molecule has 4 aromatic carbocycles. The predicted octanol–water partition coefficient (Wildman–Crippen LogP) is 6.64. The maximum absolute atomic E-state index is 6.24. The van der Waals surface area contributed by atoms with Crippen LogP contribution in [0, 0.1) is 0 Å². The first kappa shape index (κ1) is 20.7. The summed E-state index contributed by atoms with van der Waals surface area (Å²) in [6, 6.07) is 40.0. The van der Waals surface area contributed by atoms with Crippen molar-refractivity contribution in [2.75, 3.05) is 13.2 Å². The van der Waals surface area contributed by atoms with Crippen molar-refractivity contribution >= 4 is 0 Å². The minimum Gasteiger partial charge on any atom is -0.483 e. The summed E-state index contributed by atoms with van der Waals surface area (Å²) in [5.74, 6) is 1.64. The Morgan fingerprint density at radius 3 is 1.10 bits per heavy atom. The van der Waals surface area contributed by atoms with Crippen LogP contribution < -0.4 is 9.47 Å². The molecule has 0 aliphatic rings. The van der Waals surface area contributed by atoms with Crippen molar-refractivity contribution in [3.05, 3.63) is 132 Å². The number of ether oxygens (including phenoxy) is 3. The second-order valence-electron chi connectivity index (χ2n) is 7.20. The van der Waals surface area contributed by atoms with Crippen LogP contribution >= 0.6 is 0 Å². The van der Waals surface area contributed by atoms with Crippen LogP contribution in [0.1, 0.15) is 23.3 Å². The maximum atomic E-state index is 6.24. The van der Waals surface area contributed by atoms with Crippen LogP contribution in [0.4, 0.5) is 0 Å². The van der Waals surface area contributed by atoms with Gasteiger partial charge in [-0.15, -0.1) is 0 Å². The Balaban J connectivity index is 1.45. The number of benzene rings is 4. The molecule has 4 aromatic rings. The average molecular weight is 411 g/mol. The van der Waals surface area contributed by atoms with Gasteiger partial charge in [-0.1, -0.05) is 97.1 Å². The van der Waals surface area contributed by atoms with Crippen LogP contribution in [0.5, 0.6) is 11.5 Å². The van der Waals surface area contributed by atoms with Gasteiger partial charge in [0.15, 0.2) is 0 Å². The zero-order valence-electron chi connectivity index (χ0n) is 17.3. The first-order valence-corrected chi connectivity index (χ1v) is 10.5. The van der Waals surface area contributed by atoms with E-state index in [2.05, 4.69) is 24.3 Å². The van der Waals surface area contributed by atoms with Crippen molar-refractivity contribution in [3.8, 4) is 11.5 Å².